The molecular formula is C13H10N4OS. The molecule has 0 saturated carbocycles. The Hall–Kier alpha value is -2.34. The third kappa shape index (κ3) is 2.17. The molecule has 2 heterocycles. The molecule has 0 fully saturated rings. The summed E-state index contributed by atoms with van der Waals surface area (Å²) < 4.78 is 1.80. The van der Waals surface area contributed by atoms with Gasteiger partial charge in [0.15, 0.2) is 11.0 Å². The van der Waals surface area contributed by atoms with Crippen LogP contribution in [0.15, 0.2) is 53.9 Å². The third-order valence-electron chi connectivity index (χ3n) is 2.69. The number of benzene rings is 1. The first-order chi connectivity index (χ1) is 9.25. The van der Waals surface area contributed by atoms with Crippen LogP contribution in [0.2, 0.25) is 0 Å². The highest BCUT2D eigenvalue weighted by atomic mass is 32.1. The maximum absolute atomic E-state index is 9.34. The van der Waals surface area contributed by atoms with Crippen molar-refractivity contribution in [3.63, 3.8) is 0 Å². The van der Waals surface area contributed by atoms with E-state index in [1.165, 1.54) is 0 Å². The normalized spacial score (nSPS) is 10.6. The van der Waals surface area contributed by atoms with Gasteiger partial charge in [-0.3, -0.25) is 9.55 Å². The molecule has 1 N–H and O–H groups in total. The van der Waals surface area contributed by atoms with Gasteiger partial charge < -0.3 is 5.11 Å². The average molecular weight is 270 g/mol. The van der Waals surface area contributed by atoms with Crippen LogP contribution >= 0.6 is 12.6 Å². The Morgan fingerprint density at radius 3 is 2.32 bits per heavy atom. The number of pyridine rings is 1. The van der Waals surface area contributed by atoms with E-state index >= 15 is 0 Å². The van der Waals surface area contributed by atoms with Crippen molar-refractivity contribution in [3.05, 3.63) is 48.8 Å². The first-order valence-electron chi connectivity index (χ1n) is 5.60. The molecule has 0 aliphatic rings. The number of aromatic hydroxyl groups is 1. The van der Waals surface area contributed by atoms with E-state index in [4.69, 9.17) is 0 Å². The molecule has 0 bridgehead atoms. The Kier molecular flexibility index (Phi) is 2.92. The fourth-order valence-electron chi connectivity index (χ4n) is 1.80. The first-order valence-corrected chi connectivity index (χ1v) is 6.04. The lowest BCUT2D eigenvalue weighted by atomic mass is 10.2. The van der Waals surface area contributed by atoms with Gasteiger partial charge in [0, 0.05) is 23.6 Å². The van der Waals surface area contributed by atoms with E-state index in [2.05, 4.69) is 27.8 Å². The van der Waals surface area contributed by atoms with Crippen molar-refractivity contribution in [2.75, 3.05) is 0 Å². The minimum atomic E-state index is 0.211. The van der Waals surface area contributed by atoms with Gasteiger partial charge in [0.2, 0.25) is 0 Å². The van der Waals surface area contributed by atoms with Crippen LogP contribution in [0.25, 0.3) is 17.1 Å². The number of hydrogen-bond acceptors (Lipinski definition) is 5. The van der Waals surface area contributed by atoms with Gasteiger partial charge in [-0.1, -0.05) is 0 Å². The number of rotatable bonds is 2. The highest BCUT2D eigenvalue weighted by molar-refractivity contribution is 7.80. The topological polar surface area (TPSA) is 63.8 Å². The number of phenolic OH excluding ortho intramolecular Hbond substituents is 1. The zero-order valence-corrected chi connectivity index (χ0v) is 10.7. The van der Waals surface area contributed by atoms with Crippen LogP contribution in [-0.2, 0) is 0 Å². The lowest BCUT2D eigenvalue weighted by Gasteiger charge is -2.08. The summed E-state index contributed by atoms with van der Waals surface area (Å²) in [5, 5.41) is 17.9. The summed E-state index contributed by atoms with van der Waals surface area (Å²) in [5.41, 5.74) is 1.73. The van der Waals surface area contributed by atoms with Crippen LogP contribution in [-0.4, -0.2) is 24.9 Å². The van der Waals surface area contributed by atoms with Crippen LogP contribution in [0.4, 0.5) is 0 Å². The minimum absolute atomic E-state index is 0.211. The molecule has 0 radical (unpaired) electrons. The van der Waals surface area contributed by atoms with Crippen molar-refractivity contribution in [3.8, 4) is 22.8 Å². The lowest BCUT2D eigenvalue weighted by molar-refractivity contribution is 0.475. The third-order valence-corrected chi connectivity index (χ3v) is 2.98. The second kappa shape index (κ2) is 4.74. The van der Waals surface area contributed by atoms with Crippen LogP contribution in [0, 0.1) is 0 Å². The molecular weight excluding hydrogens is 260 g/mol. The van der Waals surface area contributed by atoms with Gasteiger partial charge in [-0.2, -0.15) is 0 Å². The molecule has 0 unspecified atom stereocenters. The van der Waals surface area contributed by atoms with Crippen molar-refractivity contribution in [1.29, 1.82) is 0 Å². The van der Waals surface area contributed by atoms with Gasteiger partial charge in [0.25, 0.3) is 0 Å². The molecule has 2 aromatic heterocycles. The Morgan fingerprint density at radius 2 is 1.63 bits per heavy atom. The van der Waals surface area contributed by atoms with Crippen LogP contribution in [0.5, 0.6) is 5.75 Å². The molecule has 1 aromatic carbocycles. The maximum Gasteiger partial charge on any atom is 0.193 e. The fourth-order valence-corrected chi connectivity index (χ4v) is 2.06. The number of thiol groups is 1. The summed E-state index contributed by atoms with van der Waals surface area (Å²) >= 11 is 4.32. The highest BCUT2D eigenvalue weighted by Gasteiger charge is 2.13. The van der Waals surface area contributed by atoms with Crippen molar-refractivity contribution < 1.29 is 5.11 Å². The predicted octanol–water partition coefficient (Wildman–Crippen LogP) is 2.32. The van der Waals surface area contributed by atoms with Gasteiger partial charge in [-0.15, -0.1) is 22.8 Å². The summed E-state index contributed by atoms with van der Waals surface area (Å²) in [6.07, 6.45) is 3.40. The average Bonchev–Trinajstić information content (AvgIpc) is 2.83. The van der Waals surface area contributed by atoms with Gasteiger partial charge in [-0.05, 0) is 36.4 Å². The zero-order valence-electron chi connectivity index (χ0n) is 9.80. The second-order valence-corrected chi connectivity index (χ2v) is 4.31. The Bertz CT molecular complexity index is 694. The standard InChI is InChI=1S/C13H10N4OS/c18-11-3-1-10(2-4-11)17-12(15-16-13(17)19)9-5-7-14-8-6-9/h1-8,18H,(H,16,19). The van der Waals surface area contributed by atoms with Crippen molar-refractivity contribution in [2.24, 2.45) is 0 Å². The number of phenols is 1. The molecule has 6 heteroatoms. The van der Waals surface area contributed by atoms with Crippen molar-refractivity contribution in [1.82, 2.24) is 19.7 Å². The summed E-state index contributed by atoms with van der Waals surface area (Å²) in [6.45, 7) is 0. The molecule has 0 atom stereocenters. The van der Waals surface area contributed by atoms with Crippen LogP contribution in [0.1, 0.15) is 0 Å². The van der Waals surface area contributed by atoms with E-state index in [0.29, 0.717) is 11.0 Å². The lowest BCUT2D eigenvalue weighted by Crippen LogP contribution is -1.98. The summed E-state index contributed by atoms with van der Waals surface area (Å²) in [5.74, 6) is 0.890. The minimum Gasteiger partial charge on any atom is -0.508 e. The Morgan fingerprint density at radius 1 is 0.947 bits per heavy atom. The van der Waals surface area contributed by atoms with E-state index in [1.807, 2.05) is 12.1 Å². The maximum atomic E-state index is 9.34. The molecule has 0 spiro atoms. The second-order valence-electron chi connectivity index (χ2n) is 3.91. The van der Waals surface area contributed by atoms with Gasteiger partial charge in [0.1, 0.15) is 5.75 Å². The molecule has 94 valence electrons. The highest BCUT2D eigenvalue weighted by Crippen LogP contribution is 2.24. The van der Waals surface area contributed by atoms with Gasteiger partial charge >= 0.3 is 0 Å². The monoisotopic (exact) mass is 270 g/mol. The Balaban J connectivity index is 2.17. The number of aromatic nitrogens is 4. The molecule has 3 aromatic rings. The molecule has 0 aliphatic heterocycles. The fraction of sp³-hybridized carbons (Fsp3) is 0. The predicted molar refractivity (Wildman–Crippen MR) is 73.5 cm³/mol. The summed E-state index contributed by atoms with van der Waals surface area (Å²) in [7, 11) is 0. The van der Waals surface area contributed by atoms with E-state index in [9.17, 15) is 5.11 Å². The molecule has 0 amide bonds. The SMILES string of the molecule is Oc1ccc(-n2c(S)nnc2-c2ccncc2)cc1. The molecule has 0 saturated heterocycles. The van der Waals surface area contributed by atoms with E-state index in [0.717, 1.165) is 11.3 Å². The van der Waals surface area contributed by atoms with Crippen LogP contribution in [0.3, 0.4) is 0 Å². The van der Waals surface area contributed by atoms with Gasteiger partial charge in [0.05, 0.1) is 0 Å². The Labute approximate surface area is 115 Å². The number of hydrogen-bond donors (Lipinski definition) is 2. The molecule has 3 rings (SSSR count). The smallest absolute Gasteiger partial charge is 0.193 e. The molecule has 5 nitrogen and oxygen atoms in total. The molecule has 19 heavy (non-hydrogen) atoms. The van der Waals surface area contributed by atoms with E-state index in [1.54, 1.807) is 41.2 Å². The van der Waals surface area contributed by atoms with E-state index < -0.39 is 0 Å². The van der Waals surface area contributed by atoms with Gasteiger partial charge in [-0.25, -0.2) is 0 Å². The molecule has 0 aliphatic carbocycles. The first kappa shape index (κ1) is 11.7. The van der Waals surface area contributed by atoms with Crippen molar-refractivity contribution in [2.45, 2.75) is 5.16 Å². The number of nitrogens with zero attached hydrogens (tertiary/aromatic N) is 4. The zero-order chi connectivity index (χ0) is 13.2. The summed E-state index contributed by atoms with van der Waals surface area (Å²) in [6, 6.07) is 10.5. The quantitative estimate of drug-likeness (QED) is 0.701. The van der Waals surface area contributed by atoms with E-state index in [-0.39, 0.29) is 5.75 Å². The largest absolute Gasteiger partial charge is 0.508 e. The summed E-state index contributed by atoms with van der Waals surface area (Å²) in [4.78, 5) is 3.98. The van der Waals surface area contributed by atoms with Crippen LogP contribution < -0.4 is 0 Å². The van der Waals surface area contributed by atoms with Crippen molar-refractivity contribution >= 4 is 12.6 Å².